The molecule has 0 amide bonds. The molecule has 0 aromatic heterocycles. The van der Waals surface area contributed by atoms with E-state index in [1.165, 1.54) is 0 Å². The van der Waals surface area contributed by atoms with Crippen LogP contribution in [0.15, 0.2) is 48.5 Å². The number of ether oxygens (including phenoxy) is 2. The van der Waals surface area contributed by atoms with Gasteiger partial charge in [-0.25, -0.2) is 4.79 Å². The molecule has 4 heteroatoms. The molecule has 0 fully saturated rings. The number of carbonyl (C=O) groups is 2. The summed E-state index contributed by atoms with van der Waals surface area (Å²) in [4.78, 5) is 23.8. The molecule has 0 bridgehead atoms. The number of rotatable bonds is 5. The number of hydrogen-bond donors (Lipinski definition) is 0. The number of hydrogen-bond acceptors (Lipinski definition) is 4. The van der Waals surface area contributed by atoms with Crippen molar-refractivity contribution in [3.05, 3.63) is 54.1 Å². The Morgan fingerprint density at radius 2 is 1.56 bits per heavy atom. The SMILES string of the molecule is CC(C)(C)OC(=O)C(C)(C)Oc1cc(-c2ccccc2)ccc1C=O. The normalized spacial score (nSPS) is 11.7. The van der Waals surface area contributed by atoms with Crippen molar-refractivity contribution < 1.29 is 19.1 Å². The molecule has 0 aliphatic rings. The summed E-state index contributed by atoms with van der Waals surface area (Å²) in [6.07, 6.45) is 0.718. The van der Waals surface area contributed by atoms with E-state index < -0.39 is 17.2 Å². The van der Waals surface area contributed by atoms with Crippen LogP contribution in [0.1, 0.15) is 45.0 Å². The summed E-state index contributed by atoms with van der Waals surface area (Å²) in [6, 6.07) is 15.1. The average Bonchev–Trinajstić information content (AvgIpc) is 2.53. The van der Waals surface area contributed by atoms with Gasteiger partial charge in [-0.05, 0) is 57.9 Å². The van der Waals surface area contributed by atoms with Crippen LogP contribution in [0.25, 0.3) is 11.1 Å². The summed E-state index contributed by atoms with van der Waals surface area (Å²) in [5, 5.41) is 0. The van der Waals surface area contributed by atoms with E-state index in [1.807, 2.05) is 36.4 Å². The maximum Gasteiger partial charge on any atom is 0.350 e. The minimum atomic E-state index is -1.22. The summed E-state index contributed by atoms with van der Waals surface area (Å²) in [6.45, 7) is 8.66. The van der Waals surface area contributed by atoms with Gasteiger partial charge in [0.1, 0.15) is 11.4 Å². The molecule has 0 spiro atoms. The number of esters is 1. The molecule has 0 aliphatic heterocycles. The molecule has 2 aromatic carbocycles. The predicted octanol–water partition coefficient (Wildman–Crippen LogP) is 4.67. The Kier molecular flexibility index (Phi) is 5.31. The highest BCUT2D eigenvalue weighted by molar-refractivity contribution is 5.83. The van der Waals surface area contributed by atoms with Gasteiger partial charge in [0.2, 0.25) is 0 Å². The van der Waals surface area contributed by atoms with E-state index in [0.29, 0.717) is 11.3 Å². The van der Waals surface area contributed by atoms with Crippen molar-refractivity contribution in [2.45, 2.75) is 45.8 Å². The van der Waals surface area contributed by atoms with Gasteiger partial charge in [-0.1, -0.05) is 36.4 Å². The standard InChI is InChI=1S/C21H24O4/c1-20(2,3)25-19(23)21(4,5)24-18-13-16(11-12-17(18)14-22)15-9-7-6-8-10-15/h6-14H,1-5H3. The van der Waals surface area contributed by atoms with Gasteiger partial charge < -0.3 is 9.47 Å². The monoisotopic (exact) mass is 340 g/mol. The van der Waals surface area contributed by atoms with E-state index >= 15 is 0 Å². The van der Waals surface area contributed by atoms with Crippen molar-refractivity contribution in [1.82, 2.24) is 0 Å². The Balaban J connectivity index is 2.34. The fourth-order valence-corrected chi connectivity index (χ4v) is 2.25. The Bertz CT molecular complexity index is 755. The molecule has 0 heterocycles. The van der Waals surface area contributed by atoms with Crippen molar-refractivity contribution in [1.29, 1.82) is 0 Å². The first kappa shape index (κ1) is 18.7. The third-order valence-corrected chi connectivity index (χ3v) is 3.50. The van der Waals surface area contributed by atoms with Gasteiger partial charge in [0.15, 0.2) is 11.9 Å². The van der Waals surface area contributed by atoms with Crippen LogP contribution in [0.3, 0.4) is 0 Å². The van der Waals surface area contributed by atoms with Crippen LogP contribution in [0, 0.1) is 0 Å². The third-order valence-electron chi connectivity index (χ3n) is 3.50. The highest BCUT2D eigenvalue weighted by Crippen LogP contribution is 2.30. The first-order valence-electron chi connectivity index (χ1n) is 8.19. The molecule has 0 aliphatic carbocycles. The lowest BCUT2D eigenvalue weighted by Gasteiger charge is -2.29. The average molecular weight is 340 g/mol. The molecule has 4 nitrogen and oxygen atoms in total. The minimum Gasteiger partial charge on any atom is -0.475 e. The van der Waals surface area contributed by atoms with Crippen molar-refractivity contribution in [2.75, 3.05) is 0 Å². The molecule has 0 saturated carbocycles. The maximum absolute atomic E-state index is 12.4. The Labute approximate surface area is 148 Å². The lowest BCUT2D eigenvalue weighted by Crippen LogP contribution is -2.43. The van der Waals surface area contributed by atoms with E-state index in [0.717, 1.165) is 17.4 Å². The second-order valence-corrected chi connectivity index (χ2v) is 7.35. The van der Waals surface area contributed by atoms with E-state index in [-0.39, 0.29) is 0 Å². The summed E-state index contributed by atoms with van der Waals surface area (Å²) in [7, 11) is 0. The highest BCUT2D eigenvalue weighted by Gasteiger charge is 2.35. The smallest absolute Gasteiger partial charge is 0.350 e. The molecule has 0 radical (unpaired) electrons. The summed E-state index contributed by atoms with van der Waals surface area (Å²) < 4.78 is 11.3. The first-order chi connectivity index (χ1) is 11.6. The maximum atomic E-state index is 12.4. The van der Waals surface area contributed by atoms with Gasteiger partial charge in [-0.3, -0.25) is 4.79 Å². The molecular weight excluding hydrogens is 316 g/mol. The summed E-state index contributed by atoms with van der Waals surface area (Å²) >= 11 is 0. The van der Waals surface area contributed by atoms with Gasteiger partial charge in [0.05, 0.1) is 5.56 Å². The van der Waals surface area contributed by atoms with Crippen molar-refractivity contribution in [3.63, 3.8) is 0 Å². The van der Waals surface area contributed by atoms with Crippen LogP contribution in [0.2, 0.25) is 0 Å². The van der Waals surface area contributed by atoms with E-state index in [9.17, 15) is 9.59 Å². The van der Waals surface area contributed by atoms with Crippen LogP contribution in [0.5, 0.6) is 5.75 Å². The van der Waals surface area contributed by atoms with Crippen molar-refractivity contribution in [2.24, 2.45) is 0 Å². The third kappa shape index (κ3) is 4.92. The van der Waals surface area contributed by atoms with E-state index in [2.05, 4.69) is 0 Å². The molecular formula is C21H24O4. The topological polar surface area (TPSA) is 52.6 Å². The van der Waals surface area contributed by atoms with Crippen molar-refractivity contribution >= 4 is 12.3 Å². The lowest BCUT2D eigenvalue weighted by molar-refractivity contribution is -0.170. The van der Waals surface area contributed by atoms with Crippen LogP contribution in [0.4, 0.5) is 0 Å². The Morgan fingerprint density at radius 3 is 2.12 bits per heavy atom. The Morgan fingerprint density at radius 1 is 0.920 bits per heavy atom. The minimum absolute atomic E-state index is 0.354. The molecule has 0 N–H and O–H groups in total. The van der Waals surface area contributed by atoms with Crippen LogP contribution < -0.4 is 4.74 Å². The van der Waals surface area contributed by atoms with Crippen LogP contribution >= 0.6 is 0 Å². The van der Waals surface area contributed by atoms with Crippen LogP contribution in [-0.4, -0.2) is 23.5 Å². The zero-order valence-corrected chi connectivity index (χ0v) is 15.3. The molecule has 0 unspecified atom stereocenters. The zero-order chi connectivity index (χ0) is 18.7. The molecule has 25 heavy (non-hydrogen) atoms. The largest absolute Gasteiger partial charge is 0.475 e. The lowest BCUT2D eigenvalue weighted by atomic mass is 10.0. The first-order valence-corrected chi connectivity index (χ1v) is 8.19. The number of carbonyl (C=O) groups excluding carboxylic acids is 2. The summed E-state index contributed by atoms with van der Waals surface area (Å²) in [5.41, 5.74) is 0.453. The fourth-order valence-electron chi connectivity index (χ4n) is 2.25. The Hall–Kier alpha value is -2.62. The van der Waals surface area contributed by atoms with E-state index in [4.69, 9.17) is 9.47 Å². The fraction of sp³-hybridized carbons (Fsp3) is 0.333. The quantitative estimate of drug-likeness (QED) is 0.586. The number of aldehydes is 1. The van der Waals surface area contributed by atoms with E-state index in [1.54, 1.807) is 46.8 Å². The van der Waals surface area contributed by atoms with Gasteiger partial charge in [0, 0.05) is 0 Å². The van der Waals surface area contributed by atoms with Gasteiger partial charge >= 0.3 is 5.97 Å². The zero-order valence-electron chi connectivity index (χ0n) is 15.3. The second kappa shape index (κ2) is 7.09. The number of benzene rings is 2. The van der Waals surface area contributed by atoms with Crippen LogP contribution in [-0.2, 0) is 9.53 Å². The highest BCUT2D eigenvalue weighted by atomic mass is 16.6. The predicted molar refractivity (Wildman–Crippen MR) is 97.8 cm³/mol. The molecule has 132 valence electrons. The second-order valence-electron chi connectivity index (χ2n) is 7.35. The van der Waals surface area contributed by atoms with Gasteiger partial charge in [-0.2, -0.15) is 0 Å². The molecule has 2 rings (SSSR count). The molecule has 2 aromatic rings. The van der Waals surface area contributed by atoms with Crippen molar-refractivity contribution in [3.8, 4) is 16.9 Å². The molecule has 0 atom stereocenters. The van der Waals surface area contributed by atoms with Gasteiger partial charge in [-0.15, -0.1) is 0 Å². The van der Waals surface area contributed by atoms with Gasteiger partial charge in [0.25, 0.3) is 0 Å². The summed E-state index contributed by atoms with van der Waals surface area (Å²) in [5.74, 6) is -0.130. The molecule has 0 saturated heterocycles.